The number of halogens is 1. The Bertz CT molecular complexity index is 389. The van der Waals surface area contributed by atoms with Crippen LogP contribution in [-0.4, -0.2) is 5.91 Å². The van der Waals surface area contributed by atoms with Crippen LogP contribution < -0.4 is 5.32 Å². The molecule has 1 N–H and O–H groups in total. The summed E-state index contributed by atoms with van der Waals surface area (Å²) in [5.74, 6) is -0.903. The van der Waals surface area contributed by atoms with Crippen molar-refractivity contribution in [2.24, 2.45) is 5.92 Å². The number of hydrogen-bond acceptors (Lipinski definition) is 1. The molecule has 0 aromatic heterocycles. The van der Waals surface area contributed by atoms with Crippen LogP contribution in [0.4, 0.5) is 10.1 Å². The zero-order valence-corrected chi connectivity index (χ0v) is 8.17. The molecule has 1 aromatic carbocycles. The molecule has 1 aromatic rings. The Morgan fingerprint density at radius 2 is 2.00 bits per heavy atom. The van der Waals surface area contributed by atoms with Crippen LogP contribution in [0.15, 0.2) is 24.3 Å². The van der Waals surface area contributed by atoms with Gasteiger partial charge in [-0.2, -0.15) is 0 Å². The molecular formula is C11H12FNO. The van der Waals surface area contributed by atoms with Gasteiger partial charge in [-0.1, -0.05) is 32.0 Å². The number of nitrogens with one attached hydrogen (secondary N) is 1. The highest BCUT2D eigenvalue weighted by atomic mass is 19.1. The average molecular weight is 193 g/mol. The molecule has 1 aliphatic heterocycles. The molecular weight excluding hydrogens is 181 g/mol. The van der Waals surface area contributed by atoms with E-state index in [1.807, 2.05) is 0 Å². The zero-order chi connectivity index (χ0) is 10.3. The standard InChI is InChI=1S/C11H12FNO/c1-7(2)11(12)8-5-3-4-6-9(8)13-10(11)14/h3-7H,1-2H3,(H,13,14). The minimum atomic E-state index is -1.86. The fraction of sp³-hybridized carbons (Fsp3) is 0.364. The van der Waals surface area contributed by atoms with E-state index in [9.17, 15) is 9.18 Å². The van der Waals surface area contributed by atoms with E-state index in [-0.39, 0.29) is 5.92 Å². The molecule has 1 aliphatic rings. The highest BCUT2D eigenvalue weighted by molar-refractivity contribution is 6.05. The summed E-state index contributed by atoms with van der Waals surface area (Å²) in [6, 6.07) is 6.91. The maximum atomic E-state index is 14.4. The number of fused-ring (bicyclic) bond motifs is 1. The lowest BCUT2D eigenvalue weighted by molar-refractivity contribution is -0.129. The lowest BCUT2D eigenvalue weighted by Crippen LogP contribution is -2.34. The predicted molar refractivity (Wildman–Crippen MR) is 52.7 cm³/mol. The fourth-order valence-corrected chi connectivity index (χ4v) is 1.82. The first-order chi connectivity index (χ1) is 6.56. The molecule has 2 nitrogen and oxygen atoms in total. The van der Waals surface area contributed by atoms with Gasteiger partial charge in [0.05, 0.1) is 0 Å². The summed E-state index contributed by atoms with van der Waals surface area (Å²) in [5, 5.41) is 2.56. The molecule has 3 heteroatoms. The molecule has 1 unspecified atom stereocenters. The molecule has 1 atom stereocenters. The molecule has 0 aliphatic carbocycles. The van der Waals surface area contributed by atoms with Crippen LogP contribution >= 0.6 is 0 Å². The van der Waals surface area contributed by atoms with Crippen molar-refractivity contribution >= 4 is 11.6 Å². The molecule has 1 heterocycles. The maximum Gasteiger partial charge on any atom is 0.267 e. The normalized spacial score (nSPS) is 25.0. The van der Waals surface area contributed by atoms with Crippen molar-refractivity contribution in [3.63, 3.8) is 0 Å². The Morgan fingerprint density at radius 1 is 1.36 bits per heavy atom. The fourth-order valence-electron chi connectivity index (χ4n) is 1.82. The monoisotopic (exact) mass is 193 g/mol. The molecule has 0 spiro atoms. The number of para-hydroxylation sites is 1. The van der Waals surface area contributed by atoms with Crippen LogP contribution in [0.5, 0.6) is 0 Å². The van der Waals surface area contributed by atoms with E-state index in [1.165, 1.54) is 0 Å². The SMILES string of the molecule is CC(C)C1(F)C(=O)Nc2ccccc21. The summed E-state index contributed by atoms with van der Waals surface area (Å²) < 4.78 is 14.4. The van der Waals surface area contributed by atoms with Crippen LogP contribution in [0, 0.1) is 5.92 Å². The van der Waals surface area contributed by atoms with Gasteiger partial charge in [-0.15, -0.1) is 0 Å². The first kappa shape index (κ1) is 9.19. The van der Waals surface area contributed by atoms with E-state index < -0.39 is 11.6 Å². The van der Waals surface area contributed by atoms with Crippen LogP contribution in [0.25, 0.3) is 0 Å². The van der Waals surface area contributed by atoms with Crippen molar-refractivity contribution in [3.8, 4) is 0 Å². The van der Waals surface area contributed by atoms with Gasteiger partial charge in [0, 0.05) is 17.2 Å². The molecule has 74 valence electrons. The quantitative estimate of drug-likeness (QED) is 0.729. The summed E-state index contributed by atoms with van der Waals surface area (Å²) in [6.07, 6.45) is 0. The van der Waals surface area contributed by atoms with E-state index in [0.717, 1.165) is 0 Å². The number of benzene rings is 1. The smallest absolute Gasteiger partial charge is 0.267 e. The summed E-state index contributed by atoms with van der Waals surface area (Å²) in [7, 11) is 0. The van der Waals surface area contributed by atoms with Gasteiger partial charge in [0.2, 0.25) is 5.67 Å². The Morgan fingerprint density at radius 3 is 2.64 bits per heavy atom. The summed E-state index contributed by atoms with van der Waals surface area (Å²) >= 11 is 0. The maximum absolute atomic E-state index is 14.4. The second-order valence-corrected chi connectivity index (χ2v) is 3.87. The Balaban J connectivity index is 2.60. The first-order valence-corrected chi connectivity index (χ1v) is 4.66. The van der Waals surface area contributed by atoms with E-state index in [2.05, 4.69) is 5.32 Å². The highest BCUT2D eigenvalue weighted by Crippen LogP contribution is 2.43. The van der Waals surface area contributed by atoms with Crippen molar-refractivity contribution in [2.75, 3.05) is 5.32 Å². The molecule has 0 radical (unpaired) electrons. The van der Waals surface area contributed by atoms with Crippen molar-refractivity contribution in [1.29, 1.82) is 0 Å². The van der Waals surface area contributed by atoms with Gasteiger partial charge >= 0.3 is 0 Å². The van der Waals surface area contributed by atoms with Gasteiger partial charge in [-0.05, 0) is 6.07 Å². The lowest BCUT2D eigenvalue weighted by Gasteiger charge is -2.21. The Hall–Kier alpha value is -1.38. The number of anilines is 1. The number of carbonyl (C=O) groups excluding carboxylic acids is 1. The molecule has 0 fully saturated rings. The summed E-state index contributed by atoms with van der Waals surface area (Å²) in [6.45, 7) is 3.42. The average Bonchev–Trinajstić information content (AvgIpc) is 2.41. The Labute approximate surface area is 82.1 Å². The molecule has 1 amide bonds. The Kier molecular flexibility index (Phi) is 1.84. The van der Waals surface area contributed by atoms with E-state index in [0.29, 0.717) is 11.3 Å². The van der Waals surface area contributed by atoms with Crippen molar-refractivity contribution in [2.45, 2.75) is 19.5 Å². The van der Waals surface area contributed by atoms with Crippen LogP contribution in [0.3, 0.4) is 0 Å². The van der Waals surface area contributed by atoms with Gasteiger partial charge in [-0.3, -0.25) is 4.79 Å². The minimum Gasteiger partial charge on any atom is -0.323 e. The highest BCUT2D eigenvalue weighted by Gasteiger charge is 2.49. The van der Waals surface area contributed by atoms with E-state index >= 15 is 0 Å². The van der Waals surface area contributed by atoms with E-state index in [1.54, 1.807) is 38.1 Å². The molecule has 14 heavy (non-hydrogen) atoms. The van der Waals surface area contributed by atoms with Gasteiger partial charge in [0.1, 0.15) is 0 Å². The van der Waals surface area contributed by atoms with Gasteiger partial charge < -0.3 is 5.32 Å². The predicted octanol–water partition coefficient (Wildman–Crippen LogP) is 2.46. The number of alkyl halides is 1. The number of hydrogen-bond donors (Lipinski definition) is 1. The third-order valence-electron chi connectivity index (χ3n) is 2.69. The summed E-state index contributed by atoms with van der Waals surface area (Å²) in [5.41, 5.74) is -0.815. The van der Waals surface area contributed by atoms with Gasteiger partial charge in [0.15, 0.2) is 0 Å². The van der Waals surface area contributed by atoms with Crippen molar-refractivity contribution < 1.29 is 9.18 Å². The third kappa shape index (κ3) is 0.983. The van der Waals surface area contributed by atoms with Crippen LogP contribution in [0.1, 0.15) is 19.4 Å². The topological polar surface area (TPSA) is 29.1 Å². The van der Waals surface area contributed by atoms with Gasteiger partial charge in [-0.25, -0.2) is 4.39 Å². The third-order valence-corrected chi connectivity index (χ3v) is 2.69. The zero-order valence-electron chi connectivity index (χ0n) is 8.17. The second kappa shape index (κ2) is 2.80. The van der Waals surface area contributed by atoms with Crippen LogP contribution in [-0.2, 0) is 10.5 Å². The van der Waals surface area contributed by atoms with Crippen molar-refractivity contribution in [3.05, 3.63) is 29.8 Å². The van der Waals surface area contributed by atoms with E-state index in [4.69, 9.17) is 0 Å². The molecule has 2 rings (SSSR count). The number of rotatable bonds is 1. The number of amides is 1. The van der Waals surface area contributed by atoms with Gasteiger partial charge in [0.25, 0.3) is 5.91 Å². The van der Waals surface area contributed by atoms with Crippen molar-refractivity contribution in [1.82, 2.24) is 0 Å². The number of carbonyl (C=O) groups is 1. The summed E-state index contributed by atoms with van der Waals surface area (Å²) in [4.78, 5) is 11.5. The molecule has 0 saturated carbocycles. The minimum absolute atomic E-state index is 0.355. The largest absolute Gasteiger partial charge is 0.323 e. The first-order valence-electron chi connectivity index (χ1n) is 4.66. The molecule has 0 saturated heterocycles. The van der Waals surface area contributed by atoms with Crippen LogP contribution in [0.2, 0.25) is 0 Å². The molecule has 0 bridgehead atoms. The second-order valence-electron chi connectivity index (χ2n) is 3.87. The lowest BCUT2D eigenvalue weighted by atomic mass is 9.86.